The molecule has 1 aromatic rings. The Hall–Kier alpha value is -1.09. The van der Waals surface area contributed by atoms with Crippen LogP contribution < -0.4 is 5.73 Å². The maximum atomic E-state index is 12.8. The van der Waals surface area contributed by atoms with E-state index in [9.17, 15) is 9.50 Å². The standard InChI is InChI=1S/C11H16FNO/c1-7(2)9(6-13)8-3-4-10(12)11(14)5-8/h3-5,7,9,14H,6,13H2,1-2H3. The van der Waals surface area contributed by atoms with Crippen molar-refractivity contribution in [1.82, 2.24) is 0 Å². The molecule has 0 spiro atoms. The maximum Gasteiger partial charge on any atom is 0.164 e. The molecule has 2 nitrogen and oxygen atoms in total. The molecular weight excluding hydrogens is 181 g/mol. The Labute approximate surface area is 83.6 Å². The van der Waals surface area contributed by atoms with Crippen LogP contribution in [-0.4, -0.2) is 11.7 Å². The molecule has 0 amide bonds. The van der Waals surface area contributed by atoms with Crippen molar-refractivity contribution >= 4 is 0 Å². The van der Waals surface area contributed by atoms with Gasteiger partial charge in [-0.3, -0.25) is 0 Å². The maximum absolute atomic E-state index is 12.8. The quantitative estimate of drug-likeness (QED) is 0.780. The molecule has 3 heteroatoms. The molecule has 78 valence electrons. The van der Waals surface area contributed by atoms with E-state index in [-0.39, 0.29) is 11.7 Å². The number of phenolic OH excluding ortho intramolecular Hbond substituents is 1. The predicted molar refractivity (Wildman–Crippen MR) is 54.7 cm³/mol. The van der Waals surface area contributed by atoms with E-state index in [1.165, 1.54) is 12.1 Å². The average molecular weight is 197 g/mol. The molecule has 1 aromatic carbocycles. The van der Waals surface area contributed by atoms with Crippen LogP contribution >= 0.6 is 0 Å². The summed E-state index contributed by atoms with van der Waals surface area (Å²) in [6.45, 7) is 4.61. The fraction of sp³-hybridized carbons (Fsp3) is 0.455. The molecule has 1 atom stereocenters. The topological polar surface area (TPSA) is 46.2 Å². The van der Waals surface area contributed by atoms with Crippen molar-refractivity contribution in [1.29, 1.82) is 0 Å². The first kappa shape index (κ1) is 11.0. The van der Waals surface area contributed by atoms with Gasteiger partial charge in [0.2, 0.25) is 0 Å². The molecule has 0 heterocycles. The predicted octanol–water partition coefficient (Wildman–Crippen LogP) is 2.23. The van der Waals surface area contributed by atoms with Crippen molar-refractivity contribution in [2.24, 2.45) is 11.7 Å². The van der Waals surface area contributed by atoms with E-state index in [4.69, 9.17) is 5.73 Å². The highest BCUT2D eigenvalue weighted by Crippen LogP contribution is 2.27. The molecule has 0 bridgehead atoms. The van der Waals surface area contributed by atoms with Crippen molar-refractivity contribution < 1.29 is 9.50 Å². The van der Waals surface area contributed by atoms with Crippen molar-refractivity contribution in [3.05, 3.63) is 29.6 Å². The molecule has 3 N–H and O–H groups in total. The Morgan fingerprint density at radius 1 is 1.43 bits per heavy atom. The van der Waals surface area contributed by atoms with Crippen LogP contribution in [0.3, 0.4) is 0 Å². The Balaban J connectivity index is 3.00. The van der Waals surface area contributed by atoms with Crippen molar-refractivity contribution in [2.75, 3.05) is 6.54 Å². The van der Waals surface area contributed by atoms with Crippen molar-refractivity contribution in [2.45, 2.75) is 19.8 Å². The van der Waals surface area contributed by atoms with Crippen molar-refractivity contribution in [3.63, 3.8) is 0 Å². The minimum Gasteiger partial charge on any atom is -0.505 e. The number of hydrogen-bond donors (Lipinski definition) is 2. The third kappa shape index (κ3) is 2.23. The van der Waals surface area contributed by atoms with Gasteiger partial charge in [0, 0.05) is 0 Å². The largest absolute Gasteiger partial charge is 0.505 e. The fourth-order valence-electron chi connectivity index (χ4n) is 1.55. The molecule has 0 aliphatic rings. The summed E-state index contributed by atoms with van der Waals surface area (Å²) < 4.78 is 12.8. The van der Waals surface area contributed by atoms with Gasteiger partial charge in [-0.15, -0.1) is 0 Å². The summed E-state index contributed by atoms with van der Waals surface area (Å²) in [6, 6.07) is 4.40. The van der Waals surface area contributed by atoms with Crippen molar-refractivity contribution in [3.8, 4) is 5.75 Å². The molecule has 1 unspecified atom stereocenters. The number of hydrogen-bond acceptors (Lipinski definition) is 2. The number of phenols is 1. The van der Waals surface area contributed by atoms with Crippen LogP contribution in [0.5, 0.6) is 5.75 Å². The van der Waals surface area contributed by atoms with Crippen LogP contribution in [0.1, 0.15) is 25.3 Å². The van der Waals surface area contributed by atoms with Gasteiger partial charge in [0.15, 0.2) is 11.6 Å². The number of rotatable bonds is 3. The van der Waals surface area contributed by atoms with E-state index >= 15 is 0 Å². The van der Waals surface area contributed by atoms with E-state index in [0.717, 1.165) is 5.56 Å². The van der Waals surface area contributed by atoms with Gasteiger partial charge in [0.05, 0.1) is 0 Å². The highest BCUT2D eigenvalue weighted by molar-refractivity contribution is 5.31. The molecule has 0 saturated heterocycles. The SMILES string of the molecule is CC(C)C(CN)c1ccc(F)c(O)c1. The lowest BCUT2D eigenvalue weighted by Gasteiger charge is -2.19. The summed E-state index contributed by atoms with van der Waals surface area (Å²) in [4.78, 5) is 0. The second-order valence-electron chi connectivity index (χ2n) is 3.80. The van der Waals surface area contributed by atoms with Crippen LogP contribution in [0, 0.1) is 11.7 Å². The van der Waals surface area contributed by atoms with E-state index in [1.54, 1.807) is 6.07 Å². The highest BCUT2D eigenvalue weighted by Gasteiger charge is 2.15. The van der Waals surface area contributed by atoms with Gasteiger partial charge < -0.3 is 10.8 Å². The lowest BCUT2D eigenvalue weighted by molar-refractivity contribution is 0.428. The third-order valence-corrected chi connectivity index (χ3v) is 2.46. The van der Waals surface area contributed by atoms with Gasteiger partial charge in [-0.2, -0.15) is 0 Å². The van der Waals surface area contributed by atoms with Gasteiger partial charge in [-0.25, -0.2) is 4.39 Å². The van der Waals surface area contributed by atoms with E-state index in [1.807, 2.05) is 0 Å². The number of benzene rings is 1. The second kappa shape index (κ2) is 4.42. The molecule has 0 radical (unpaired) electrons. The normalized spacial score (nSPS) is 13.2. The third-order valence-electron chi connectivity index (χ3n) is 2.46. The molecule has 14 heavy (non-hydrogen) atoms. The van der Waals surface area contributed by atoms with Gasteiger partial charge in [0.1, 0.15) is 0 Å². The van der Waals surface area contributed by atoms with Gasteiger partial charge in [-0.1, -0.05) is 19.9 Å². The molecule has 1 rings (SSSR count). The Bertz CT molecular complexity index is 312. The number of aromatic hydroxyl groups is 1. The van der Waals surface area contributed by atoms with Crippen LogP contribution in [0.25, 0.3) is 0 Å². The first-order valence-electron chi connectivity index (χ1n) is 4.74. The summed E-state index contributed by atoms with van der Waals surface area (Å²) in [6.07, 6.45) is 0. The highest BCUT2D eigenvalue weighted by atomic mass is 19.1. The Morgan fingerprint density at radius 3 is 2.50 bits per heavy atom. The summed E-state index contributed by atoms with van der Waals surface area (Å²) in [5.41, 5.74) is 6.51. The smallest absolute Gasteiger partial charge is 0.164 e. The minimum atomic E-state index is -0.590. The molecule has 0 aliphatic heterocycles. The minimum absolute atomic E-state index is 0.168. The monoisotopic (exact) mass is 197 g/mol. The van der Waals surface area contributed by atoms with Gasteiger partial charge in [-0.05, 0) is 36.1 Å². The van der Waals surface area contributed by atoms with E-state index in [2.05, 4.69) is 13.8 Å². The lowest BCUT2D eigenvalue weighted by Crippen LogP contribution is -2.17. The van der Waals surface area contributed by atoms with Crippen LogP contribution in [0.4, 0.5) is 4.39 Å². The number of halogens is 1. The fourth-order valence-corrected chi connectivity index (χ4v) is 1.55. The lowest BCUT2D eigenvalue weighted by atomic mass is 9.88. The first-order chi connectivity index (χ1) is 6.56. The zero-order valence-electron chi connectivity index (χ0n) is 8.50. The molecular formula is C11H16FNO. The van der Waals surface area contributed by atoms with E-state index < -0.39 is 5.82 Å². The molecule has 0 aliphatic carbocycles. The van der Waals surface area contributed by atoms with Gasteiger partial charge in [0.25, 0.3) is 0 Å². The summed E-state index contributed by atoms with van der Waals surface area (Å²) in [5, 5.41) is 9.21. The average Bonchev–Trinajstić information content (AvgIpc) is 2.11. The number of nitrogens with two attached hydrogens (primary N) is 1. The van der Waals surface area contributed by atoms with Gasteiger partial charge >= 0.3 is 0 Å². The molecule has 0 aromatic heterocycles. The summed E-state index contributed by atoms with van der Waals surface area (Å²) >= 11 is 0. The van der Waals surface area contributed by atoms with Crippen LogP contribution in [0.2, 0.25) is 0 Å². The zero-order valence-corrected chi connectivity index (χ0v) is 8.50. The molecule has 0 fully saturated rings. The summed E-state index contributed by atoms with van der Waals surface area (Å²) in [5.74, 6) is -0.346. The first-order valence-corrected chi connectivity index (χ1v) is 4.74. The van der Waals surface area contributed by atoms with E-state index in [0.29, 0.717) is 12.5 Å². The Morgan fingerprint density at radius 2 is 2.07 bits per heavy atom. The molecule has 0 saturated carbocycles. The van der Waals surface area contributed by atoms with Crippen LogP contribution in [0.15, 0.2) is 18.2 Å². The van der Waals surface area contributed by atoms with Crippen LogP contribution in [-0.2, 0) is 0 Å². The second-order valence-corrected chi connectivity index (χ2v) is 3.80. The summed E-state index contributed by atoms with van der Waals surface area (Å²) in [7, 11) is 0. The Kier molecular flexibility index (Phi) is 3.47. The zero-order chi connectivity index (χ0) is 10.7.